The highest BCUT2D eigenvalue weighted by atomic mass is 16.4. The van der Waals surface area contributed by atoms with Crippen LogP contribution < -0.4 is 11.5 Å². The molecule has 2 atom stereocenters. The minimum atomic E-state index is -1.17. The third kappa shape index (κ3) is 12.4. The molecule has 0 saturated heterocycles. The summed E-state index contributed by atoms with van der Waals surface area (Å²) in [6.07, 6.45) is 1.17. The van der Waals surface area contributed by atoms with Gasteiger partial charge in [-0.1, -0.05) is 13.3 Å². The molecule has 0 aliphatic heterocycles. The van der Waals surface area contributed by atoms with Crippen molar-refractivity contribution in [3.8, 4) is 0 Å². The van der Waals surface area contributed by atoms with Crippen molar-refractivity contribution in [3.05, 3.63) is 0 Å². The Morgan fingerprint density at radius 1 is 0.944 bits per heavy atom. The Morgan fingerprint density at radius 2 is 1.33 bits per heavy atom. The van der Waals surface area contributed by atoms with Crippen molar-refractivity contribution < 1.29 is 29.7 Å². The Morgan fingerprint density at radius 3 is 1.56 bits per heavy atom. The normalized spacial score (nSPS) is 12.8. The summed E-state index contributed by atoms with van der Waals surface area (Å²) >= 11 is 0. The van der Waals surface area contributed by atoms with Crippen LogP contribution >= 0.6 is 0 Å². The average molecular weight is 264 g/mol. The molecule has 0 saturated carbocycles. The van der Waals surface area contributed by atoms with Crippen molar-refractivity contribution in [1.82, 2.24) is 0 Å². The molecule has 8 heteroatoms. The summed E-state index contributed by atoms with van der Waals surface area (Å²) in [5.74, 6) is -3.11. The van der Waals surface area contributed by atoms with E-state index in [1.165, 1.54) is 0 Å². The second-order valence-electron chi connectivity index (χ2n) is 3.61. The Bertz CT molecular complexity index is 282. The Hall–Kier alpha value is -1.67. The van der Waals surface area contributed by atoms with E-state index in [0.717, 1.165) is 6.42 Å². The van der Waals surface area contributed by atoms with Crippen LogP contribution in [-0.2, 0) is 14.4 Å². The second kappa shape index (κ2) is 10.5. The molecule has 0 aromatic carbocycles. The quantitative estimate of drug-likeness (QED) is 0.409. The fourth-order valence-corrected chi connectivity index (χ4v) is 0.837. The van der Waals surface area contributed by atoms with Crippen LogP contribution in [0.3, 0.4) is 0 Å². The van der Waals surface area contributed by atoms with Crippen LogP contribution in [0.2, 0.25) is 0 Å². The van der Waals surface area contributed by atoms with Crippen molar-refractivity contribution in [2.75, 3.05) is 0 Å². The molecule has 0 amide bonds. The summed E-state index contributed by atoms with van der Waals surface area (Å²) < 4.78 is 0. The summed E-state index contributed by atoms with van der Waals surface area (Å²) in [6.45, 7) is 1.91. The van der Waals surface area contributed by atoms with Crippen molar-refractivity contribution in [2.24, 2.45) is 11.5 Å². The van der Waals surface area contributed by atoms with E-state index >= 15 is 0 Å². The molecule has 0 spiro atoms. The summed E-state index contributed by atoms with van der Waals surface area (Å²) in [6, 6.07) is -1.73. The highest BCUT2D eigenvalue weighted by Gasteiger charge is 2.12. The molecule has 7 N–H and O–H groups in total. The van der Waals surface area contributed by atoms with Gasteiger partial charge in [0, 0.05) is 6.42 Å². The third-order valence-corrected chi connectivity index (χ3v) is 1.90. The van der Waals surface area contributed by atoms with Gasteiger partial charge in [-0.3, -0.25) is 14.4 Å². The monoisotopic (exact) mass is 264 g/mol. The van der Waals surface area contributed by atoms with E-state index in [1.807, 2.05) is 6.92 Å². The van der Waals surface area contributed by atoms with E-state index in [1.54, 1.807) is 0 Å². The first-order chi connectivity index (χ1) is 8.22. The molecular formula is C10H20N2O6. The van der Waals surface area contributed by atoms with E-state index in [4.69, 9.17) is 26.8 Å². The van der Waals surface area contributed by atoms with Crippen LogP contribution in [0.25, 0.3) is 0 Å². The van der Waals surface area contributed by atoms with Crippen LogP contribution in [0.4, 0.5) is 0 Å². The van der Waals surface area contributed by atoms with Crippen molar-refractivity contribution in [3.63, 3.8) is 0 Å². The van der Waals surface area contributed by atoms with Gasteiger partial charge in [0.05, 0.1) is 0 Å². The molecule has 8 nitrogen and oxygen atoms in total. The summed E-state index contributed by atoms with van der Waals surface area (Å²) in [5, 5.41) is 24.5. The lowest BCUT2D eigenvalue weighted by Crippen LogP contribution is -2.30. The number of carboxylic acids is 3. The van der Waals surface area contributed by atoms with Crippen molar-refractivity contribution >= 4 is 17.9 Å². The molecule has 0 aromatic heterocycles. The fraction of sp³-hybridized carbons (Fsp3) is 0.700. The van der Waals surface area contributed by atoms with Crippen molar-refractivity contribution in [2.45, 2.75) is 44.7 Å². The molecule has 18 heavy (non-hydrogen) atoms. The number of nitrogens with two attached hydrogens (primary N) is 2. The molecular weight excluding hydrogens is 244 g/mol. The van der Waals surface area contributed by atoms with E-state index in [-0.39, 0.29) is 12.8 Å². The maximum atomic E-state index is 9.99. The second-order valence-corrected chi connectivity index (χ2v) is 3.61. The number of hydrogen-bond acceptors (Lipinski definition) is 5. The zero-order chi connectivity index (χ0) is 14.7. The van der Waals surface area contributed by atoms with Gasteiger partial charge in [-0.05, 0) is 12.8 Å². The first-order valence-electron chi connectivity index (χ1n) is 5.40. The molecule has 0 rings (SSSR count). The van der Waals surface area contributed by atoms with E-state index in [0.29, 0.717) is 6.42 Å². The summed E-state index contributed by atoms with van der Waals surface area (Å²) in [5.41, 5.74) is 10.1. The largest absolute Gasteiger partial charge is 0.481 e. The lowest BCUT2D eigenvalue weighted by atomic mass is 10.2. The van der Waals surface area contributed by atoms with Gasteiger partial charge in [-0.15, -0.1) is 0 Å². The van der Waals surface area contributed by atoms with Crippen LogP contribution in [0.15, 0.2) is 0 Å². The van der Waals surface area contributed by atoms with Gasteiger partial charge in [0.2, 0.25) is 0 Å². The van der Waals surface area contributed by atoms with Gasteiger partial charge in [0.1, 0.15) is 12.1 Å². The van der Waals surface area contributed by atoms with Crippen LogP contribution in [0.5, 0.6) is 0 Å². The van der Waals surface area contributed by atoms with Gasteiger partial charge in [-0.25, -0.2) is 0 Å². The number of carbonyl (C=O) groups is 3. The maximum Gasteiger partial charge on any atom is 0.320 e. The number of rotatable bonds is 7. The molecule has 0 aliphatic rings. The third-order valence-electron chi connectivity index (χ3n) is 1.90. The molecule has 1 unspecified atom stereocenters. The number of hydrogen-bond donors (Lipinski definition) is 5. The lowest BCUT2D eigenvalue weighted by Gasteiger charge is -2.01. The predicted octanol–water partition coefficient (Wildman–Crippen LogP) is -0.538. The van der Waals surface area contributed by atoms with Gasteiger partial charge < -0.3 is 26.8 Å². The lowest BCUT2D eigenvalue weighted by molar-refractivity contribution is -0.140. The molecule has 0 aliphatic carbocycles. The molecule has 0 heterocycles. The molecule has 0 fully saturated rings. The fourth-order valence-electron chi connectivity index (χ4n) is 0.837. The van der Waals surface area contributed by atoms with E-state index in [2.05, 4.69) is 0 Å². The molecule has 0 radical (unpaired) electrons. The number of carboxylic acid groups (broad SMARTS) is 3. The molecule has 106 valence electrons. The average Bonchev–Trinajstić information content (AvgIpc) is 2.26. The van der Waals surface area contributed by atoms with Gasteiger partial charge in [0.25, 0.3) is 0 Å². The molecule has 0 aromatic rings. The summed E-state index contributed by atoms with van der Waals surface area (Å²) in [7, 11) is 0. The Balaban J connectivity index is 0. The topological polar surface area (TPSA) is 164 Å². The Labute approximate surface area is 105 Å². The van der Waals surface area contributed by atoms with E-state index in [9.17, 15) is 14.4 Å². The van der Waals surface area contributed by atoms with Crippen LogP contribution in [0.1, 0.15) is 32.6 Å². The minimum absolute atomic E-state index is 0.0231. The smallest absolute Gasteiger partial charge is 0.320 e. The van der Waals surface area contributed by atoms with Gasteiger partial charge >= 0.3 is 17.9 Å². The van der Waals surface area contributed by atoms with E-state index < -0.39 is 30.0 Å². The first-order valence-corrected chi connectivity index (χ1v) is 5.40. The van der Waals surface area contributed by atoms with Crippen molar-refractivity contribution in [1.29, 1.82) is 0 Å². The first kappa shape index (κ1) is 18.7. The molecule has 0 bridgehead atoms. The summed E-state index contributed by atoms with van der Waals surface area (Å²) in [4.78, 5) is 29.8. The predicted molar refractivity (Wildman–Crippen MR) is 63.0 cm³/mol. The zero-order valence-corrected chi connectivity index (χ0v) is 10.2. The SMILES string of the molecule is CCCC(N)C(=O)O.N[C@@H](CCC(=O)O)C(=O)O. The highest BCUT2D eigenvalue weighted by Crippen LogP contribution is 1.93. The minimum Gasteiger partial charge on any atom is -0.481 e. The van der Waals surface area contributed by atoms with Gasteiger partial charge in [0.15, 0.2) is 0 Å². The standard InChI is InChI=1S/C5H9NO4.C5H11NO2/c6-3(5(9)10)1-2-4(7)8;1-2-3-4(6)5(7)8/h3H,1-2,6H2,(H,7,8)(H,9,10);4H,2-3,6H2,1H3,(H,7,8)/t3-;/m0./s1. The Kier molecular flexibility index (Phi) is 10.9. The maximum absolute atomic E-state index is 9.99. The van der Waals surface area contributed by atoms with Gasteiger partial charge in [-0.2, -0.15) is 0 Å². The van der Waals surface area contributed by atoms with Crippen LogP contribution in [0, 0.1) is 0 Å². The zero-order valence-electron chi connectivity index (χ0n) is 10.2. The number of aliphatic carboxylic acids is 3. The highest BCUT2D eigenvalue weighted by molar-refractivity contribution is 5.74. The van der Waals surface area contributed by atoms with Crippen LogP contribution in [-0.4, -0.2) is 45.3 Å².